The number of rotatable bonds is 16. The van der Waals surface area contributed by atoms with Gasteiger partial charge in [0.2, 0.25) is 0 Å². The fourth-order valence-electron chi connectivity index (χ4n) is 2.38. The summed E-state index contributed by atoms with van der Waals surface area (Å²) in [5, 5.41) is 0. The number of nitrogens with one attached hydrogen (secondary N) is 2. The lowest BCUT2D eigenvalue weighted by atomic mass is 10.0. The lowest BCUT2D eigenvalue weighted by molar-refractivity contribution is 0.525. The van der Waals surface area contributed by atoms with Gasteiger partial charge in [0.1, 0.15) is 0 Å². The molecule has 2 N–H and O–H groups in total. The smallest absolute Gasteiger partial charge is 0.0147 e. The highest BCUT2D eigenvalue weighted by molar-refractivity contribution is 4.58. The van der Waals surface area contributed by atoms with Crippen molar-refractivity contribution in [1.82, 2.24) is 10.9 Å². The SMILES string of the molecule is C=CNNCCCCCCCCCCCCCCC. The molecule has 0 saturated carbocycles. The molecule has 114 valence electrons. The molecule has 0 aromatic heterocycles. The highest BCUT2D eigenvalue weighted by Gasteiger charge is 1.93. The van der Waals surface area contributed by atoms with E-state index in [1.807, 2.05) is 0 Å². The van der Waals surface area contributed by atoms with E-state index in [4.69, 9.17) is 0 Å². The topological polar surface area (TPSA) is 24.1 Å². The summed E-state index contributed by atoms with van der Waals surface area (Å²) in [6, 6.07) is 0. The predicted molar refractivity (Wildman–Crippen MR) is 87.0 cm³/mol. The molecule has 19 heavy (non-hydrogen) atoms. The van der Waals surface area contributed by atoms with E-state index in [0.29, 0.717) is 0 Å². The van der Waals surface area contributed by atoms with Crippen LogP contribution >= 0.6 is 0 Å². The zero-order chi connectivity index (χ0) is 14.0. The van der Waals surface area contributed by atoms with Crippen LogP contribution in [0.5, 0.6) is 0 Å². The standard InChI is InChI=1S/C17H36N2/c1-3-5-6-7-8-9-10-11-12-13-14-15-16-17-19-18-4-2/h4,18-19H,2-3,5-17H2,1H3. The molecule has 2 nitrogen and oxygen atoms in total. The summed E-state index contributed by atoms with van der Waals surface area (Å²) in [5.41, 5.74) is 6.01. The Morgan fingerprint density at radius 2 is 1.11 bits per heavy atom. The Morgan fingerprint density at radius 1 is 0.684 bits per heavy atom. The third-order valence-electron chi connectivity index (χ3n) is 3.61. The third kappa shape index (κ3) is 17.5. The molecule has 0 aromatic rings. The molecule has 0 unspecified atom stereocenters. The van der Waals surface area contributed by atoms with Crippen LogP contribution in [0.2, 0.25) is 0 Å². The molecule has 0 saturated heterocycles. The predicted octanol–water partition coefficient (Wildman–Crippen LogP) is 5.32. The average Bonchev–Trinajstić information content (AvgIpc) is 2.43. The molecule has 2 heteroatoms. The fraction of sp³-hybridized carbons (Fsp3) is 0.882. The number of unbranched alkanes of at least 4 members (excludes halogenated alkanes) is 12. The molecule has 0 atom stereocenters. The van der Waals surface area contributed by atoms with Gasteiger partial charge in [0.05, 0.1) is 0 Å². The van der Waals surface area contributed by atoms with Gasteiger partial charge in [-0.05, 0) is 6.42 Å². The molecule has 0 radical (unpaired) electrons. The van der Waals surface area contributed by atoms with E-state index in [9.17, 15) is 0 Å². The molecule has 0 amide bonds. The molecule has 0 aliphatic carbocycles. The van der Waals surface area contributed by atoms with Crippen molar-refractivity contribution in [3.63, 3.8) is 0 Å². The Labute approximate surface area is 121 Å². The number of hydrogen-bond donors (Lipinski definition) is 2. The molecule has 0 spiro atoms. The molecular weight excluding hydrogens is 232 g/mol. The third-order valence-corrected chi connectivity index (χ3v) is 3.61. The van der Waals surface area contributed by atoms with Crippen molar-refractivity contribution in [3.05, 3.63) is 12.8 Å². The zero-order valence-corrected chi connectivity index (χ0v) is 13.2. The minimum absolute atomic E-state index is 1.05. The van der Waals surface area contributed by atoms with Crippen LogP contribution in [0.4, 0.5) is 0 Å². The quantitative estimate of drug-likeness (QED) is 0.292. The van der Waals surface area contributed by atoms with Crippen LogP contribution < -0.4 is 10.9 Å². The lowest BCUT2D eigenvalue weighted by Gasteiger charge is -2.04. The highest BCUT2D eigenvalue weighted by atomic mass is 15.3. The Kier molecular flexibility index (Phi) is 17.0. The first-order valence-corrected chi connectivity index (χ1v) is 8.51. The second kappa shape index (κ2) is 17.5. The normalized spacial score (nSPS) is 10.6. The average molecular weight is 268 g/mol. The maximum Gasteiger partial charge on any atom is 0.0147 e. The van der Waals surface area contributed by atoms with Crippen LogP contribution in [0, 0.1) is 0 Å². The second-order valence-electron chi connectivity index (χ2n) is 5.52. The maximum atomic E-state index is 3.59. The van der Waals surface area contributed by atoms with Crippen LogP contribution in [0.3, 0.4) is 0 Å². The van der Waals surface area contributed by atoms with Gasteiger partial charge in [-0.25, -0.2) is 5.43 Å². The first-order valence-electron chi connectivity index (χ1n) is 8.51. The largest absolute Gasteiger partial charge is 0.329 e. The summed E-state index contributed by atoms with van der Waals surface area (Å²) in [5.74, 6) is 0. The minimum atomic E-state index is 1.05. The fourth-order valence-corrected chi connectivity index (χ4v) is 2.38. The molecule has 0 aliphatic rings. The van der Waals surface area contributed by atoms with Crippen molar-refractivity contribution in [2.45, 2.75) is 90.4 Å². The zero-order valence-electron chi connectivity index (χ0n) is 13.2. The van der Waals surface area contributed by atoms with E-state index < -0.39 is 0 Å². The summed E-state index contributed by atoms with van der Waals surface area (Å²) in [7, 11) is 0. The van der Waals surface area contributed by atoms with E-state index >= 15 is 0 Å². The van der Waals surface area contributed by atoms with Crippen LogP contribution in [-0.4, -0.2) is 6.54 Å². The monoisotopic (exact) mass is 268 g/mol. The Bertz CT molecular complexity index is 169. The van der Waals surface area contributed by atoms with Gasteiger partial charge in [0, 0.05) is 12.7 Å². The van der Waals surface area contributed by atoms with E-state index in [2.05, 4.69) is 24.4 Å². The highest BCUT2D eigenvalue weighted by Crippen LogP contribution is 2.12. The van der Waals surface area contributed by atoms with E-state index in [-0.39, 0.29) is 0 Å². The summed E-state index contributed by atoms with van der Waals surface area (Å²) >= 11 is 0. The van der Waals surface area contributed by atoms with E-state index in [1.54, 1.807) is 6.20 Å². The van der Waals surface area contributed by atoms with Gasteiger partial charge < -0.3 is 5.43 Å². The first-order chi connectivity index (χ1) is 9.41. The number of hydrazine groups is 1. The van der Waals surface area contributed by atoms with Crippen molar-refractivity contribution in [2.24, 2.45) is 0 Å². The van der Waals surface area contributed by atoms with E-state index in [0.717, 1.165) is 6.54 Å². The Morgan fingerprint density at radius 3 is 1.53 bits per heavy atom. The van der Waals surface area contributed by atoms with Gasteiger partial charge in [0.25, 0.3) is 0 Å². The molecule has 0 fully saturated rings. The molecule has 0 aliphatic heterocycles. The van der Waals surface area contributed by atoms with Gasteiger partial charge in [-0.1, -0.05) is 90.6 Å². The molecule has 0 rings (SSSR count). The minimum Gasteiger partial charge on any atom is -0.329 e. The van der Waals surface area contributed by atoms with Crippen molar-refractivity contribution in [2.75, 3.05) is 6.54 Å². The van der Waals surface area contributed by atoms with Gasteiger partial charge in [-0.3, -0.25) is 0 Å². The van der Waals surface area contributed by atoms with Crippen LogP contribution in [0.15, 0.2) is 12.8 Å². The van der Waals surface area contributed by atoms with Crippen LogP contribution in [0.1, 0.15) is 90.4 Å². The summed E-state index contributed by atoms with van der Waals surface area (Å²) in [6.45, 7) is 6.92. The van der Waals surface area contributed by atoms with Crippen molar-refractivity contribution in [3.8, 4) is 0 Å². The Hall–Kier alpha value is -0.500. The van der Waals surface area contributed by atoms with Crippen molar-refractivity contribution >= 4 is 0 Å². The molecule has 0 heterocycles. The number of hydrogen-bond acceptors (Lipinski definition) is 2. The van der Waals surface area contributed by atoms with Crippen LogP contribution in [0.25, 0.3) is 0 Å². The van der Waals surface area contributed by atoms with Crippen molar-refractivity contribution in [1.29, 1.82) is 0 Å². The van der Waals surface area contributed by atoms with Crippen molar-refractivity contribution < 1.29 is 0 Å². The van der Waals surface area contributed by atoms with Gasteiger partial charge in [-0.15, -0.1) is 0 Å². The second-order valence-corrected chi connectivity index (χ2v) is 5.52. The maximum absolute atomic E-state index is 3.59. The van der Waals surface area contributed by atoms with E-state index in [1.165, 1.54) is 83.5 Å². The molecular formula is C17H36N2. The molecule has 0 aromatic carbocycles. The molecule has 0 bridgehead atoms. The first kappa shape index (κ1) is 18.5. The summed E-state index contributed by atoms with van der Waals surface area (Å²) in [6.07, 6.45) is 20.1. The Balaban J connectivity index is 2.89. The lowest BCUT2D eigenvalue weighted by Crippen LogP contribution is -2.27. The summed E-state index contributed by atoms with van der Waals surface area (Å²) in [4.78, 5) is 0. The summed E-state index contributed by atoms with van der Waals surface area (Å²) < 4.78 is 0. The van der Waals surface area contributed by atoms with Crippen LogP contribution in [-0.2, 0) is 0 Å². The van der Waals surface area contributed by atoms with Gasteiger partial charge in [-0.2, -0.15) is 0 Å². The van der Waals surface area contributed by atoms with Gasteiger partial charge in [0.15, 0.2) is 0 Å². The van der Waals surface area contributed by atoms with Gasteiger partial charge >= 0.3 is 0 Å².